The normalized spacial score (nSPS) is 19.4. The highest BCUT2D eigenvalue weighted by Gasteiger charge is 2.32. The Morgan fingerprint density at radius 2 is 2.25 bits per heavy atom. The molecule has 1 aromatic heterocycles. The van der Waals surface area contributed by atoms with Gasteiger partial charge in [-0.25, -0.2) is 4.98 Å². The number of imide groups is 1. The maximum Gasteiger partial charge on any atom is 0.249 e. The van der Waals surface area contributed by atoms with Crippen molar-refractivity contribution in [1.29, 1.82) is 0 Å². The Morgan fingerprint density at radius 1 is 1.50 bits per heavy atom. The highest BCUT2D eigenvalue weighted by atomic mass is 16.2. The van der Waals surface area contributed by atoms with Crippen molar-refractivity contribution in [2.75, 3.05) is 11.4 Å². The molecule has 1 atom stereocenters. The van der Waals surface area contributed by atoms with E-state index in [4.69, 9.17) is 0 Å². The van der Waals surface area contributed by atoms with Crippen LogP contribution in [-0.4, -0.2) is 35.4 Å². The minimum Gasteiger partial charge on any atom is -0.335 e. The minimum absolute atomic E-state index is 0.151. The molecule has 2 heterocycles. The summed E-state index contributed by atoms with van der Waals surface area (Å²) in [5, 5.41) is 5.66. The molecular formula is C14H20N4O2. The van der Waals surface area contributed by atoms with Crippen LogP contribution in [0.15, 0.2) is 18.3 Å². The standard InChI is InChI=1S/C14H20N4O2/c1-9(2)16-7-11-5-4-6-15-13(11)18-8-12(19)17-14(20)10(18)3/h4-6,9-10,16H,7-8H2,1-3H3,(H,17,19,20). The first-order valence-electron chi connectivity index (χ1n) is 6.76. The maximum atomic E-state index is 11.7. The fourth-order valence-corrected chi connectivity index (χ4v) is 2.11. The first kappa shape index (κ1) is 14.5. The van der Waals surface area contributed by atoms with Crippen molar-refractivity contribution >= 4 is 17.6 Å². The van der Waals surface area contributed by atoms with E-state index in [1.807, 2.05) is 12.1 Å². The molecule has 2 amide bonds. The molecule has 2 rings (SSSR count). The van der Waals surface area contributed by atoms with Crippen molar-refractivity contribution in [2.45, 2.75) is 39.4 Å². The highest BCUT2D eigenvalue weighted by molar-refractivity contribution is 6.04. The molecule has 0 radical (unpaired) electrons. The van der Waals surface area contributed by atoms with Gasteiger partial charge in [0.2, 0.25) is 11.8 Å². The smallest absolute Gasteiger partial charge is 0.249 e. The molecule has 1 unspecified atom stereocenters. The third-order valence-electron chi connectivity index (χ3n) is 3.26. The van der Waals surface area contributed by atoms with Gasteiger partial charge in [0, 0.05) is 24.3 Å². The molecule has 20 heavy (non-hydrogen) atoms. The lowest BCUT2D eigenvalue weighted by molar-refractivity contribution is -0.132. The summed E-state index contributed by atoms with van der Waals surface area (Å²) in [6, 6.07) is 3.77. The number of anilines is 1. The van der Waals surface area contributed by atoms with Gasteiger partial charge in [-0.3, -0.25) is 14.9 Å². The van der Waals surface area contributed by atoms with E-state index < -0.39 is 6.04 Å². The number of pyridine rings is 1. The average molecular weight is 276 g/mol. The molecule has 0 saturated carbocycles. The van der Waals surface area contributed by atoms with Gasteiger partial charge in [0.1, 0.15) is 11.9 Å². The van der Waals surface area contributed by atoms with Crippen molar-refractivity contribution in [3.63, 3.8) is 0 Å². The van der Waals surface area contributed by atoms with E-state index in [0.717, 1.165) is 5.56 Å². The number of hydrogen-bond acceptors (Lipinski definition) is 5. The summed E-state index contributed by atoms with van der Waals surface area (Å²) >= 11 is 0. The van der Waals surface area contributed by atoms with Crippen LogP contribution >= 0.6 is 0 Å². The second kappa shape index (κ2) is 6.00. The summed E-state index contributed by atoms with van der Waals surface area (Å²) in [7, 11) is 0. The number of aromatic nitrogens is 1. The molecule has 108 valence electrons. The van der Waals surface area contributed by atoms with Gasteiger partial charge in [0.05, 0.1) is 6.54 Å². The van der Waals surface area contributed by atoms with E-state index in [1.165, 1.54) is 0 Å². The molecule has 1 aromatic rings. The summed E-state index contributed by atoms with van der Waals surface area (Å²) in [4.78, 5) is 29.4. The van der Waals surface area contributed by atoms with Crippen molar-refractivity contribution in [2.24, 2.45) is 0 Å². The van der Waals surface area contributed by atoms with Crippen LogP contribution in [-0.2, 0) is 16.1 Å². The van der Waals surface area contributed by atoms with Gasteiger partial charge in [0.25, 0.3) is 0 Å². The van der Waals surface area contributed by atoms with E-state index >= 15 is 0 Å². The van der Waals surface area contributed by atoms with Gasteiger partial charge < -0.3 is 10.2 Å². The molecule has 0 aliphatic carbocycles. The van der Waals surface area contributed by atoms with E-state index in [-0.39, 0.29) is 18.4 Å². The largest absolute Gasteiger partial charge is 0.335 e. The molecule has 6 heteroatoms. The Labute approximate surface area is 118 Å². The van der Waals surface area contributed by atoms with Crippen LogP contribution in [0.2, 0.25) is 0 Å². The van der Waals surface area contributed by atoms with E-state index in [9.17, 15) is 9.59 Å². The Balaban J connectivity index is 2.26. The van der Waals surface area contributed by atoms with Crippen molar-refractivity contribution in [3.8, 4) is 0 Å². The Hall–Kier alpha value is -1.95. The Bertz CT molecular complexity index is 516. The van der Waals surface area contributed by atoms with Crippen LogP contribution in [0.25, 0.3) is 0 Å². The van der Waals surface area contributed by atoms with Gasteiger partial charge in [0.15, 0.2) is 0 Å². The number of carbonyl (C=O) groups is 2. The first-order valence-corrected chi connectivity index (χ1v) is 6.76. The second-order valence-corrected chi connectivity index (χ2v) is 5.24. The molecule has 1 saturated heterocycles. The van der Waals surface area contributed by atoms with Gasteiger partial charge in [-0.2, -0.15) is 0 Å². The summed E-state index contributed by atoms with van der Waals surface area (Å²) in [5.74, 6) is 0.118. The van der Waals surface area contributed by atoms with Gasteiger partial charge >= 0.3 is 0 Å². The van der Waals surface area contributed by atoms with Crippen LogP contribution in [0.1, 0.15) is 26.3 Å². The SMILES string of the molecule is CC(C)NCc1cccnc1N1CC(=O)NC(=O)C1C. The summed E-state index contributed by atoms with van der Waals surface area (Å²) in [5.41, 5.74) is 0.982. The Kier molecular flexibility index (Phi) is 4.34. The fraction of sp³-hybridized carbons (Fsp3) is 0.500. The third kappa shape index (κ3) is 3.14. The van der Waals surface area contributed by atoms with Crippen molar-refractivity contribution in [1.82, 2.24) is 15.6 Å². The van der Waals surface area contributed by atoms with E-state index in [0.29, 0.717) is 18.4 Å². The molecule has 0 aromatic carbocycles. The Morgan fingerprint density at radius 3 is 2.95 bits per heavy atom. The monoisotopic (exact) mass is 276 g/mol. The number of hydrogen-bond donors (Lipinski definition) is 2. The highest BCUT2D eigenvalue weighted by Crippen LogP contribution is 2.21. The van der Waals surface area contributed by atoms with Crippen molar-refractivity contribution in [3.05, 3.63) is 23.9 Å². The number of nitrogens with one attached hydrogen (secondary N) is 2. The van der Waals surface area contributed by atoms with Crippen LogP contribution < -0.4 is 15.5 Å². The zero-order chi connectivity index (χ0) is 14.7. The molecule has 1 fully saturated rings. The summed E-state index contributed by atoms with van der Waals surface area (Å²) in [6.45, 7) is 6.71. The molecule has 6 nitrogen and oxygen atoms in total. The predicted molar refractivity (Wildman–Crippen MR) is 76.2 cm³/mol. The van der Waals surface area contributed by atoms with Crippen LogP contribution in [0.3, 0.4) is 0 Å². The molecule has 1 aliphatic rings. The zero-order valence-electron chi connectivity index (χ0n) is 12.0. The second-order valence-electron chi connectivity index (χ2n) is 5.24. The summed E-state index contributed by atoms with van der Waals surface area (Å²) in [6.07, 6.45) is 1.68. The number of nitrogens with zero attached hydrogens (tertiary/aromatic N) is 2. The van der Waals surface area contributed by atoms with Crippen LogP contribution in [0.4, 0.5) is 5.82 Å². The first-order chi connectivity index (χ1) is 9.49. The molecule has 2 N–H and O–H groups in total. The third-order valence-corrected chi connectivity index (χ3v) is 3.26. The van der Waals surface area contributed by atoms with Gasteiger partial charge in [-0.05, 0) is 13.0 Å². The summed E-state index contributed by atoms with van der Waals surface area (Å²) < 4.78 is 0. The average Bonchev–Trinajstić information content (AvgIpc) is 2.41. The lowest BCUT2D eigenvalue weighted by Gasteiger charge is -2.33. The number of amides is 2. The fourth-order valence-electron chi connectivity index (χ4n) is 2.11. The van der Waals surface area contributed by atoms with Gasteiger partial charge in [-0.1, -0.05) is 19.9 Å². The molecule has 1 aliphatic heterocycles. The lowest BCUT2D eigenvalue weighted by Crippen LogP contribution is -2.57. The number of piperazine rings is 1. The number of carbonyl (C=O) groups excluding carboxylic acids is 2. The lowest BCUT2D eigenvalue weighted by atomic mass is 10.1. The van der Waals surface area contributed by atoms with Crippen molar-refractivity contribution < 1.29 is 9.59 Å². The number of rotatable bonds is 4. The van der Waals surface area contributed by atoms with Gasteiger partial charge in [-0.15, -0.1) is 0 Å². The predicted octanol–water partition coefficient (Wildman–Crippen LogP) is 0.431. The molecule has 0 bridgehead atoms. The maximum absolute atomic E-state index is 11.7. The van der Waals surface area contributed by atoms with E-state index in [1.54, 1.807) is 18.0 Å². The quantitative estimate of drug-likeness (QED) is 0.780. The molecule has 0 spiro atoms. The van der Waals surface area contributed by atoms with Crippen LogP contribution in [0, 0.1) is 0 Å². The van der Waals surface area contributed by atoms with E-state index in [2.05, 4.69) is 29.5 Å². The van der Waals surface area contributed by atoms with Crippen LogP contribution in [0.5, 0.6) is 0 Å². The minimum atomic E-state index is -0.402. The molecular weight excluding hydrogens is 256 g/mol. The zero-order valence-corrected chi connectivity index (χ0v) is 12.0. The topological polar surface area (TPSA) is 74.3 Å².